The Bertz CT molecular complexity index is 580. The maximum absolute atomic E-state index is 13.9. The van der Waals surface area contributed by atoms with Gasteiger partial charge in [-0.15, -0.1) is 0 Å². The molecule has 1 aromatic rings. The van der Waals surface area contributed by atoms with Gasteiger partial charge in [-0.05, 0) is 18.2 Å². The molecule has 1 fully saturated rings. The zero-order valence-electron chi connectivity index (χ0n) is 11.5. The van der Waals surface area contributed by atoms with Gasteiger partial charge in [0.25, 0.3) is 5.91 Å². The Morgan fingerprint density at radius 2 is 2.38 bits per heavy atom. The number of nitrogens with zero attached hydrogens (tertiary/aromatic N) is 1. The molecule has 3 N–H and O–H groups in total. The van der Waals surface area contributed by atoms with Crippen LogP contribution in [0.25, 0.3) is 0 Å². The minimum Gasteiger partial charge on any atom is -0.394 e. The lowest BCUT2D eigenvalue weighted by molar-refractivity contribution is -0.0448. The quantitative estimate of drug-likeness (QED) is 0.751. The van der Waals surface area contributed by atoms with Crippen LogP contribution in [0.1, 0.15) is 15.9 Å². The summed E-state index contributed by atoms with van der Waals surface area (Å²) in [5.41, 5.74) is 5.80. The highest BCUT2D eigenvalue weighted by molar-refractivity contribution is 5.95. The Morgan fingerprint density at radius 3 is 3.10 bits per heavy atom. The number of benzene rings is 1. The Hall–Kier alpha value is -1.94. The molecule has 1 aliphatic heterocycles. The Balaban J connectivity index is 2.21. The fourth-order valence-electron chi connectivity index (χ4n) is 2.10. The molecule has 0 aliphatic carbocycles. The normalized spacial score (nSPS) is 18.0. The van der Waals surface area contributed by atoms with Crippen LogP contribution >= 0.6 is 0 Å². The lowest BCUT2D eigenvalue weighted by Gasteiger charge is -2.32. The van der Waals surface area contributed by atoms with Crippen LogP contribution in [0.4, 0.5) is 4.39 Å². The standard InChI is InChI=1S/C15H17FN2O3/c16-14-4-3-11(2-1-5-17)8-13(14)15(20)18-6-7-21-12(9-18)10-19/h3-4,8,12,19H,5-7,9-10,17H2. The molecule has 21 heavy (non-hydrogen) atoms. The van der Waals surface area contributed by atoms with E-state index in [-0.39, 0.29) is 25.3 Å². The van der Waals surface area contributed by atoms with Crippen molar-refractivity contribution in [3.05, 3.63) is 35.1 Å². The number of halogens is 1. The number of morpholine rings is 1. The second-order valence-corrected chi connectivity index (χ2v) is 4.63. The number of amides is 1. The van der Waals surface area contributed by atoms with Gasteiger partial charge in [0.05, 0.1) is 31.4 Å². The van der Waals surface area contributed by atoms with Crippen LogP contribution in [-0.4, -0.2) is 54.9 Å². The summed E-state index contributed by atoms with van der Waals surface area (Å²) in [6.45, 7) is 0.961. The van der Waals surface area contributed by atoms with Gasteiger partial charge in [0.2, 0.25) is 0 Å². The van der Waals surface area contributed by atoms with Crippen molar-refractivity contribution in [3.63, 3.8) is 0 Å². The molecular weight excluding hydrogens is 275 g/mol. The van der Waals surface area contributed by atoms with E-state index in [1.165, 1.54) is 23.1 Å². The van der Waals surface area contributed by atoms with Crippen molar-refractivity contribution in [1.29, 1.82) is 0 Å². The number of carbonyl (C=O) groups excluding carboxylic acids is 1. The fourth-order valence-corrected chi connectivity index (χ4v) is 2.10. The van der Waals surface area contributed by atoms with Crippen molar-refractivity contribution in [1.82, 2.24) is 4.90 Å². The Labute approximate surface area is 122 Å². The van der Waals surface area contributed by atoms with Crippen molar-refractivity contribution in [3.8, 4) is 11.8 Å². The molecule has 1 heterocycles. The number of ether oxygens (including phenoxy) is 1. The summed E-state index contributed by atoms with van der Waals surface area (Å²) < 4.78 is 19.2. The molecule has 1 aromatic carbocycles. The average Bonchev–Trinajstić information content (AvgIpc) is 2.53. The summed E-state index contributed by atoms with van der Waals surface area (Å²) in [6.07, 6.45) is -0.425. The van der Waals surface area contributed by atoms with E-state index in [1.807, 2.05) is 0 Å². The monoisotopic (exact) mass is 292 g/mol. The minimum absolute atomic E-state index is 0.0302. The van der Waals surface area contributed by atoms with Crippen LogP contribution < -0.4 is 5.73 Å². The molecule has 1 saturated heterocycles. The number of carbonyl (C=O) groups is 1. The molecule has 0 bridgehead atoms. The van der Waals surface area contributed by atoms with Crippen molar-refractivity contribution >= 4 is 5.91 Å². The van der Waals surface area contributed by atoms with Crippen molar-refractivity contribution in [2.45, 2.75) is 6.10 Å². The molecule has 1 atom stereocenters. The predicted octanol–water partition coefficient (Wildman–Crippen LogP) is -0.0308. The smallest absolute Gasteiger partial charge is 0.257 e. The summed E-state index contributed by atoms with van der Waals surface area (Å²) >= 11 is 0. The second-order valence-electron chi connectivity index (χ2n) is 4.63. The van der Waals surface area contributed by atoms with Gasteiger partial charge in [0.1, 0.15) is 5.82 Å². The molecule has 0 radical (unpaired) electrons. The molecule has 1 unspecified atom stereocenters. The highest BCUT2D eigenvalue weighted by Gasteiger charge is 2.26. The largest absolute Gasteiger partial charge is 0.394 e. The van der Waals surface area contributed by atoms with Gasteiger partial charge >= 0.3 is 0 Å². The summed E-state index contributed by atoms with van der Waals surface area (Å²) in [6, 6.07) is 4.14. The van der Waals surface area contributed by atoms with Gasteiger partial charge in [-0.2, -0.15) is 0 Å². The van der Waals surface area contributed by atoms with Crippen LogP contribution in [0.3, 0.4) is 0 Å². The average molecular weight is 292 g/mol. The van der Waals surface area contributed by atoms with Crippen molar-refractivity contribution < 1.29 is 19.0 Å². The van der Waals surface area contributed by atoms with E-state index in [0.717, 1.165) is 0 Å². The molecule has 0 aromatic heterocycles. The highest BCUT2D eigenvalue weighted by atomic mass is 19.1. The summed E-state index contributed by atoms with van der Waals surface area (Å²) in [5, 5.41) is 9.09. The van der Waals surface area contributed by atoms with Crippen LogP contribution in [0, 0.1) is 17.7 Å². The summed E-state index contributed by atoms with van der Waals surface area (Å²) in [4.78, 5) is 13.9. The van der Waals surface area contributed by atoms with E-state index >= 15 is 0 Å². The maximum Gasteiger partial charge on any atom is 0.257 e. The molecule has 5 nitrogen and oxygen atoms in total. The molecule has 2 rings (SSSR count). The number of nitrogens with two attached hydrogens (primary N) is 1. The SMILES string of the molecule is NCC#Cc1ccc(F)c(C(=O)N2CCOC(CO)C2)c1. The Kier molecular flexibility index (Phi) is 5.28. The molecule has 6 heteroatoms. The van der Waals surface area contributed by atoms with Gasteiger partial charge in [0.15, 0.2) is 0 Å². The number of aliphatic hydroxyl groups excluding tert-OH is 1. The first-order chi connectivity index (χ1) is 10.2. The first-order valence-electron chi connectivity index (χ1n) is 6.66. The van der Waals surface area contributed by atoms with Gasteiger partial charge < -0.3 is 20.5 Å². The zero-order chi connectivity index (χ0) is 15.2. The summed E-state index contributed by atoms with van der Waals surface area (Å²) in [5.74, 6) is 4.42. The fraction of sp³-hybridized carbons (Fsp3) is 0.400. The first kappa shape index (κ1) is 15.4. The first-order valence-corrected chi connectivity index (χ1v) is 6.66. The van der Waals surface area contributed by atoms with Crippen molar-refractivity contribution in [2.75, 3.05) is 32.8 Å². The van der Waals surface area contributed by atoms with E-state index in [1.54, 1.807) is 0 Å². The zero-order valence-corrected chi connectivity index (χ0v) is 11.5. The maximum atomic E-state index is 13.9. The second kappa shape index (κ2) is 7.18. The van der Waals surface area contributed by atoms with E-state index in [4.69, 9.17) is 15.6 Å². The van der Waals surface area contributed by atoms with Gasteiger partial charge in [0, 0.05) is 18.7 Å². The highest BCUT2D eigenvalue weighted by Crippen LogP contribution is 2.15. The third-order valence-corrected chi connectivity index (χ3v) is 3.16. The van der Waals surface area contributed by atoms with E-state index in [0.29, 0.717) is 18.7 Å². The van der Waals surface area contributed by atoms with Gasteiger partial charge in [-0.25, -0.2) is 4.39 Å². The van der Waals surface area contributed by atoms with Gasteiger partial charge in [-0.1, -0.05) is 11.8 Å². The van der Waals surface area contributed by atoms with Crippen LogP contribution in [0.15, 0.2) is 18.2 Å². The van der Waals surface area contributed by atoms with E-state index in [2.05, 4.69) is 11.8 Å². The number of rotatable bonds is 2. The molecule has 0 saturated carbocycles. The predicted molar refractivity (Wildman–Crippen MR) is 75.1 cm³/mol. The minimum atomic E-state index is -0.592. The lowest BCUT2D eigenvalue weighted by Crippen LogP contribution is -2.47. The third kappa shape index (κ3) is 3.79. The topological polar surface area (TPSA) is 75.8 Å². The molecule has 0 spiro atoms. The molecular formula is C15H17FN2O3. The van der Waals surface area contributed by atoms with Gasteiger partial charge in [-0.3, -0.25) is 4.79 Å². The lowest BCUT2D eigenvalue weighted by atomic mass is 10.1. The molecule has 112 valence electrons. The van der Waals surface area contributed by atoms with Crippen LogP contribution in [0.5, 0.6) is 0 Å². The number of hydrogen-bond donors (Lipinski definition) is 2. The molecule has 1 amide bonds. The number of aliphatic hydroxyl groups is 1. The van der Waals surface area contributed by atoms with E-state index in [9.17, 15) is 9.18 Å². The Morgan fingerprint density at radius 1 is 1.57 bits per heavy atom. The van der Waals surface area contributed by atoms with Crippen molar-refractivity contribution in [2.24, 2.45) is 5.73 Å². The van der Waals surface area contributed by atoms with Crippen LogP contribution in [-0.2, 0) is 4.74 Å². The third-order valence-electron chi connectivity index (χ3n) is 3.16. The number of hydrogen-bond acceptors (Lipinski definition) is 4. The van der Waals surface area contributed by atoms with Crippen LogP contribution in [0.2, 0.25) is 0 Å². The van der Waals surface area contributed by atoms with E-state index < -0.39 is 17.8 Å². The summed E-state index contributed by atoms with van der Waals surface area (Å²) in [7, 11) is 0. The molecule has 1 aliphatic rings.